The maximum atomic E-state index is 11.8. The second-order valence-electron chi connectivity index (χ2n) is 3.79. The summed E-state index contributed by atoms with van der Waals surface area (Å²) in [6.45, 7) is 0.292. The average Bonchev–Trinajstić information content (AvgIpc) is 2.76. The van der Waals surface area contributed by atoms with Gasteiger partial charge < -0.3 is 0 Å². The lowest BCUT2D eigenvalue weighted by Gasteiger charge is -2.03. The van der Waals surface area contributed by atoms with Crippen molar-refractivity contribution in [2.75, 3.05) is 12.3 Å². The van der Waals surface area contributed by atoms with Gasteiger partial charge in [-0.1, -0.05) is 11.2 Å². The fraction of sp³-hybridized carbons (Fsp3) is 0.455. The van der Waals surface area contributed by atoms with E-state index < -0.39 is 10.8 Å². The predicted octanol–water partition coefficient (Wildman–Crippen LogP) is 2.59. The van der Waals surface area contributed by atoms with Gasteiger partial charge in [-0.3, -0.25) is 4.21 Å². The Balaban J connectivity index is 2.09. The van der Waals surface area contributed by atoms with E-state index in [1.165, 1.54) is 17.5 Å². The summed E-state index contributed by atoms with van der Waals surface area (Å²) in [6, 6.07) is 6.04. The summed E-state index contributed by atoms with van der Waals surface area (Å²) in [6.07, 6.45) is 3.43. The minimum Gasteiger partial charge on any atom is -0.254 e. The van der Waals surface area contributed by atoms with Gasteiger partial charge in [-0.05, 0) is 48.1 Å². The van der Waals surface area contributed by atoms with Crippen molar-refractivity contribution in [1.82, 2.24) is 0 Å². The summed E-state index contributed by atoms with van der Waals surface area (Å²) >= 11 is 0. The van der Waals surface area contributed by atoms with Crippen LogP contribution in [0.1, 0.15) is 17.5 Å². The fourth-order valence-corrected chi connectivity index (χ4v) is 2.95. The predicted molar refractivity (Wildman–Crippen MR) is 63.8 cm³/mol. The van der Waals surface area contributed by atoms with Crippen LogP contribution in [0.4, 0.5) is 0 Å². The molecule has 0 amide bonds. The molecule has 2 rings (SSSR count). The normalized spacial score (nSPS) is 15.2. The molecule has 0 fully saturated rings. The molecule has 0 saturated carbocycles. The van der Waals surface area contributed by atoms with Crippen LogP contribution < -0.4 is 0 Å². The molecule has 1 unspecified atom stereocenters. The molecule has 1 aromatic rings. The molecule has 84 valence electrons. The van der Waals surface area contributed by atoms with Crippen LogP contribution in [-0.4, -0.2) is 16.5 Å². The standard InChI is InChI=1S/C11H13N3OS/c12-14-13-6-7-16(15)11-5-4-9-2-1-3-10(9)8-11/h4-5,8H,1-3,6-7H2. The van der Waals surface area contributed by atoms with Crippen LogP contribution in [0.25, 0.3) is 10.4 Å². The molecule has 0 heterocycles. The zero-order valence-corrected chi connectivity index (χ0v) is 9.74. The maximum Gasteiger partial charge on any atom is 0.0530 e. The summed E-state index contributed by atoms with van der Waals surface area (Å²) in [5.74, 6) is 0.406. The van der Waals surface area contributed by atoms with Crippen molar-refractivity contribution in [2.45, 2.75) is 24.2 Å². The van der Waals surface area contributed by atoms with Gasteiger partial charge in [0.25, 0.3) is 0 Å². The van der Waals surface area contributed by atoms with Crippen LogP contribution in [0.5, 0.6) is 0 Å². The number of hydrogen-bond acceptors (Lipinski definition) is 2. The van der Waals surface area contributed by atoms with Gasteiger partial charge in [0, 0.05) is 22.1 Å². The van der Waals surface area contributed by atoms with E-state index in [-0.39, 0.29) is 0 Å². The molecular weight excluding hydrogens is 222 g/mol. The van der Waals surface area contributed by atoms with Gasteiger partial charge in [-0.15, -0.1) is 0 Å². The zero-order valence-electron chi connectivity index (χ0n) is 8.93. The Bertz CT molecular complexity index is 466. The number of benzene rings is 1. The molecule has 0 aliphatic heterocycles. The first kappa shape index (κ1) is 11.2. The Labute approximate surface area is 96.8 Å². The molecule has 0 saturated heterocycles. The summed E-state index contributed by atoms with van der Waals surface area (Å²) in [5, 5.41) is 3.40. The van der Waals surface area contributed by atoms with E-state index >= 15 is 0 Å². The van der Waals surface area contributed by atoms with Crippen LogP contribution >= 0.6 is 0 Å². The molecule has 0 bridgehead atoms. The van der Waals surface area contributed by atoms with E-state index in [9.17, 15) is 4.21 Å². The fourth-order valence-electron chi connectivity index (χ4n) is 1.98. The summed E-state index contributed by atoms with van der Waals surface area (Å²) in [7, 11) is -1.04. The van der Waals surface area contributed by atoms with Crippen LogP contribution in [-0.2, 0) is 23.6 Å². The lowest BCUT2D eigenvalue weighted by Crippen LogP contribution is -2.01. The Morgan fingerprint density at radius 1 is 1.38 bits per heavy atom. The molecule has 0 aromatic heterocycles. The first-order chi connectivity index (χ1) is 7.81. The Hall–Kier alpha value is -1.32. The number of rotatable bonds is 4. The number of hydrogen-bond donors (Lipinski definition) is 0. The molecule has 1 aliphatic rings. The smallest absolute Gasteiger partial charge is 0.0530 e. The molecule has 0 spiro atoms. The lowest BCUT2D eigenvalue weighted by atomic mass is 10.1. The van der Waals surface area contributed by atoms with Crippen molar-refractivity contribution < 1.29 is 4.21 Å². The second kappa shape index (κ2) is 5.14. The van der Waals surface area contributed by atoms with Crippen molar-refractivity contribution >= 4 is 10.8 Å². The summed E-state index contributed by atoms with van der Waals surface area (Å²) < 4.78 is 11.8. The van der Waals surface area contributed by atoms with E-state index in [4.69, 9.17) is 5.53 Å². The van der Waals surface area contributed by atoms with Crippen molar-refractivity contribution in [3.63, 3.8) is 0 Å². The third-order valence-electron chi connectivity index (χ3n) is 2.77. The first-order valence-electron chi connectivity index (χ1n) is 5.32. The SMILES string of the molecule is [N-]=[N+]=NCCS(=O)c1ccc2c(c1)CCC2. The molecule has 1 atom stereocenters. The highest BCUT2D eigenvalue weighted by Gasteiger charge is 2.12. The third kappa shape index (κ3) is 2.43. The van der Waals surface area contributed by atoms with Crippen molar-refractivity contribution in [2.24, 2.45) is 5.11 Å². The van der Waals surface area contributed by atoms with Gasteiger partial charge in [0.2, 0.25) is 0 Å². The second-order valence-corrected chi connectivity index (χ2v) is 5.36. The summed E-state index contributed by atoms with van der Waals surface area (Å²) in [4.78, 5) is 3.51. The van der Waals surface area contributed by atoms with E-state index in [1.54, 1.807) is 0 Å². The lowest BCUT2D eigenvalue weighted by molar-refractivity contribution is 0.682. The van der Waals surface area contributed by atoms with Crippen LogP contribution in [0, 0.1) is 0 Å². The number of azide groups is 1. The van der Waals surface area contributed by atoms with Crippen LogP contribution in [0.3, 0.4) is 0 Å². The quantitative estimate of drug-likeness (QED) is 0.449. The van der Waals surface area contributed by atoms with Crippen molar-refractivity contribution in [3.8, 4) is 0 Å². The first-order valence-corrected chi connectivity index (χ1v) is 6.64. The average molecular weight is 235 g/mol. The van der Waals surface area contributed by atoms with Gasteiger partial charge >= 0.3 is 0 Å². The Morgan fingerprint density at radius 3 is 3.00 bits per heavy atom. The van der Waals surface area contributed by atoms with E-state index in [0.717, 1.165) is 17.7 Å². The number of fused-ring (bicyclic) bond motifs is 1. The van der Waals surface area contributed by atoms with E-state index in [1.807, 2.05) is 12.1 Å². The highest BCUT2D eigenvalue weighted by molar-refractivity contribution is 7.85. The number of aryl methyl sites for hydroxylation is 2. The maximum absolute atomic E-state index is 11.8. The zero-order chi connectivity index (χ0) is 11.4. The van der Waals surface area contributed by atoms with Crippen molar-refractivity contribution in [1.29, 1.82) is 0 Å². The van der Waals surface area contributed by atoms with Crippen molar-refractivity contribution in [3.05, 3.63) is 39.8 Å². The topological polar surface area (TPSA) is 65.8 Å². The minimum absolute atomic E-state index is 0.292. The van der Waals surface area contributed by atoms with Crippen LogP contribution in [0.15, 0.2) is 28.2 Å². The van der Waals surface area contributed by atoms with Gasteiger partial charge in [-0.2, -0.15) is 0 Å². The molecule has 0 N–H and O–H groups in total. The van der Waals surface area contributed by atoms with Gasteiger partial charge in [-0.25, -0.2) is 0 Å². The van der Waals surface area contributed by atoms with E-state index in [2.05, 4.69) is 16.1 Å². The van der Waals surface area contributed by atoms with Crippen LogP contribution in [0.2, 0.25) is 0 Å². The molecule has 16 heavy (non-hydrogen) atoms. The largest absolute Gasteiger partial charge is 0.254 e. The molecular formula is C11H13N3OS. The van der Waals surface area contributed by atoms with E-state index in [0.29, 0.717) is 12.3 Å². The Morgan fingerprint density at radius 2 is 2.19 bits per heavy atom. The monoisotopic (exact) mass is 235 g/mol. The highest BCUT2D eigenvalue weighted by atomic mass is 32.2. The third-order valence-corrected chi connectivity index (χ3v) is 4.11. The molecule has 4 nitrogen and oxygen atoms in total. The molecule has 1 aromatic carbocycles. The molecule has 0 radical (unpaired) electrons. The molecule has 5 heteroatoms. The van der Waals surface area contributed by atoms with Gasteiger partial charge in [0.05, 0.1) is 10.8 Å². The Kier molecular flexibility index (Phi) is 3.59. The van der Waals surface area contributed by atoms with Gasteiger partial charge in [0.15, 0.2) is 0 Å². The summed E-state index contributed by atoms with van der Waals surface area (Å²) in [5.41, 5.74) is 10.8. The molecule has 1 aliphatic carbocycles. The highest BCUT2D eigenvalue weighted by Crippen LogP contribution is 2.24. The van der Waals surface area contributed by atoms with Gasteiger partial charge in [0.1, 0.15) is 0 Å². The number of nitrogens with zero attached hydrogens (tertiary/aromatic N) is 3. The minimum atomic E-state index is -1.04.